The van der Waals surface area contributed by atoms with E-state index < -0.39 is 11.5 Å². The molecule has 4 rings (SSSR count). The first-order valence-corrected chi connectivity index (χ1v) is 11.3. The van der Waals surface area contributed by atoms with E-state index in [0.29, 0.717) is 16.3 Å². The molecule has 0 aromatic heterocycles. The molecule has 0 aliphatic carbocycles. The van der Waals surface area contributed by atoms with Crippen LogP contribution in [0.1, 0.15) is 40.1 Å². The van der Waals surface area contributed by atoms with Crippen LogP contribution in [0.5, 0.6) is 5.75 Å². The number of halogens is 1. The zero-order valence-electron chi connectivity index (χ0n) is 18.9. The van der Waals surface area contributed by atoms with Gasteiger partial charge in [0.05, 0.1) is 11.7 Å². The fourth-order valence-electron chi connectivity index (χ4n) is 3.98. The number of aromatic carboxylic acids is 1. The maximum absolute atomic E-state index is 13.6. The van der Waals surface area contributed by atoms with Crippen molar-refractivity contribution in [2.45, 2.75) is 31.9 Å². The van der Waals surface area contributed by atoms with Gasteiger partial charge in [0.25, 0.3) is 0 Å². The van der Waals surface area contributed by atoms with Crippen molar-refractivity contribution in [1.82, 2.24) is 0 Å². The van der Waals surface area contributed by atoms with Crippen LogP contribution in [-0.4, -0.2) is 34.7 Å². The van der Waals surface area contributed by atoms with Gasteiger partial charge in [0.15, 0.2) is 5.78 Å². The van der Waals surface area contributed by atoms with Gasteiger partial charge < -0.3 is 9.84 Å². The molecule has 0 amide bonds. The number of rotatable bonds is 8. The van der Waals surface area contributed by atoms with E-state index in [2.05, 4.69) is 4.99 Å². The minimum absolute atomic E-state index is 0.0644. The molecule has 0 radical (unpaired) electrons. The Hall–Kier alpha value is -3.70. The Morgan fingerprint density at radius 3 is 2.38 bits per heavy atom. The van der Waals surface area contributed by atoms with Crippen LogP contribution >= 0.6 is 11.6 Å². The zero-order chi connectivity index (χ0) is 24.3. The van der Waals surface area contributed by atoms with Crippen LogP contribution in [0.15, 0.2) is 83.9 Å². The number of hydrogen-bond acceptors (Lipinski definition) is 4. The van der Waals surface area contributed by atoms with E-state index in [0.717, 1.165) is 16.7 Å². The van der Waals surface area contributed by atoms with Crippen molar-refractivity contribution in [3.8, 4) is 16.9 Å². The lowest BCUT2D eigenvalue weighted by Gasteiger charge is -2.25. The van der Waals surface area contributed by atoms with Gasteiger partial charge in [-0.05, 0) is 91.2 Å². The Balaban J connectivity index is 1.77. The summed E-state index contributed by atoms with van der Waals surface area (Å²) in [5, 5.41) is 9.93. The van der Waals surface area contributed by atoms with Gasteiger partial charge >= 0.3 is 5.97 Å². The number of carboxylic acids is 1. The van der Waals surface area contributed by atoms with Crippen LogP contribution in [0.3, 0.4) is 0 Å². The largest absolute Gasteiger partial charge is 0.491 e. The summed E-state index contributed by atoms with van der Waals surface area (Å²) in [6.07, 6.45) is 5.44. The van der Waals surface area contributed by atoms with Crippen LogP contribution in [0.2, 0.25) is 5.02 Å². The Morgan fingerprint density at radius 2 is 1.74 bits per heavy atom. The highest BCUT2D eigenvalue weighted by atomic mass is 35.5. The van der Waals surface area contributed by atoms with Gasteiger partial charge in [-0.15, -0.1) is 0 Å². The van der Waals surface area contributed by atoms with Crippen LogP contribution in [0.4, 0.5) is 0 Å². The predicted octanol–water partition coefficient (Wildman–Crippen LogP) is 6.30. The van der Waals surface area contributed by atoms with E-state index in [9.17, 15) is 14.7 Å². The molecule has 5 nitrogen and oxygen atoms in total. The van der Waals surface area contributed by atoms with Crippen LogP contribution in [0.25, 0.3) is 11.1 Å². The molecule has 172 valence electrons. The number of ketones is 1. The van der Waals surface area contributed by atoms with Crippen molar-refractivity contribution >= 4 is 29.6 Å². The molecule has 0 fully saturated rings. The third-order valence-corrected chi connectivity index (χ3v) is 5.84. The second-order valence-electron chi connectivity index (χ2n) is 8.45. The van der Waals surface area contributed by atoms with E-state index in [1.54, 1.807) is 60.8 Å². The molecule has 3 aromatic carbocycles. The standard InChI is InChI=1S/C28H24ClNO4/c1-18(2)34-25-12-9-21(20-5-3-6-22(15-20)27(32)33)16-23(25)17-28(13-4-14-30-28)26(31)19-7-10-24(29)11-8-19/h3-16,18H,17H2,1-2H3,(H,32,33). The maximum Gasteiger partial charge on any atom is 0.335 e. The lowest BCUT2D eigenvalue weighted by molar-refractivity contribution is 0.0696. The van der Waals surface area contributed by atoms with Gasteiger partial charge in [0.1, 0.15) is 11.3 Å². The third kappa shape index (κ3) is 4.95. The number of Topliss-reactive ketones (excluding diaryl/α,β-unsaturated/α-hetero) is 1. The van der Waals surface area contributed by atoms with Gasteiger partial charge in [-0.25, -0.2) is 4.79 Å². The Morgan fingerprint density at radius 1 is 1.00 bits per heavy atom. The number of aliphatic imine (C=N–C) groups is 1. The second-order valence-corrected chi connectivity index (χ2v) is 8.89. The molecule has 1 heterocycles. The number of allylic oxidation sites excluding steroid dienone is 1. The molecule has 0 saturated carbocycles. The summed E-state index contributed by atoms with van der Waals surface area (Å²) in [4.78, 5) is 29.6. The maximum atomic E-state index is 13.6. The Kier molecular flexibility index (Phi) is 6.66. The number of carbonyl (C=O) groups excluding carboxylic acids is 1. The van der Waals surface area contributed by atoms with Gasteiger partial charge in [0, 0.05) is 23.2 Å². The first kappa shape index (κ1) is 23.5. The molecule has 6 heteroatoms. The highest BCUT2D eigenvalue weighted by Gasteiger charge is 2.38. The van der Waals surface area contributed by atoms with Crippen molar-refractivity contribution in [3.05, 3.63) is 101 Å². The van der Waals surface area contributed by atoms with Crippen molar-refractivity contribution in [2.75, 3.05) is 0 Å². The SMILES string of the molecule is CC(C)Oc1ccc(-c2cccc(C(=O)O)c2)cc1CC1(C(=O)c2ccc(Cl)cc2)C=CC=N1. The molecule has 34 heavy (non-hydrogen) atoms. The van der Waals surface area contributed by atoms with Crippen LogP contribution < -0.4 is 4.74 Å². The minimum atomic E-state index is -1.11. The molecule has 0 saturated heterocycles. The molecular formula is C28H24ClNO4. The average Bonchev–Trinajstić information content (AvgIpc) is 3.29. The average molecular weight is 474 g/mol. The summed E-state index contributed by atoms with van der Waals surface area (Å²) in [6, 6.07) is 19.2. The first-order chi connectivity index (χ1) is 16.3. The highest BCUT2D eigenvalue weighted by molar-refractivity contribution is 6.30. The Bertz CT molecular complexity index is 1280. The lowest BCUT2D eigenvalue weighted by atomic mass is 9.83. The normalized spacial score (nSPS) is 16.7. The van der Waals surface area contributed by atoms with E-state index >= 15 is 0 Å². The Labute approximate surface area is 203 Å². The minimum Gasteiger partial charge on any atom is -0.491 e. The number of carbonyl (C=O) groups is 2. The van der Waals surface area contributed by atoms with Crippen LogP contribution in [-0.2, 0) is 6.42 Å². The summed E-state index contributed by atoms with van der Waals surface area (Å²) >= 11 is 6.01. The van der Waals surface area contributed by atoms with Crippen molar-refractivity contribution in [2.24, 2.45) is 4.99 Å². The van der Waals surface area contributed by atoms with Gasteiger partial charge in [0.2, 0.25) is 0 Å². The zero-order valence-corrected chi connectivity index (χ0v) is 19.6. The van der Waals surface area contributed by atoms with E-state index in [4.69, 9.17) is 16.3 Å². The predicted molar refractivity (Wildman–Crippen MR) is 134 cm³/mol. The van der Waals surface area contributed by atoms with Crippen molar-refractivity contribution < 1.29 is 19.4 Å². The number of nitrogens with zero attached hydrogens (tertiary/aromatic N) is 1. The number of hydrogen-bond donors (Lipinski definition) is 1. The van der Waals surface area contributed by atoms with E-state index in [-0.39, 0.29) is 23.9 Å². The summed E-state index contributed by atoms with van der Waals surface area (Å²) in [7, 11) is 0. The quantitative estimate of drug-likeness (QED) is 0.389. The molecule has 1 aliphatic heterocycles. The van der Waals surface area contributed by atoms with Gasteiger partial charge in [-0.2, -0.15) is 0 Å². The smallest absolute Gasteiger partial charge is 0.335 e. The fraction of sp³-hybridized carbons (Fsp3) is 0.179. The molecule has 0 bridgehead atoms. The van der Waals surface area contributed by atoms with Crippen molar-refractivity contribution in [3.63, 3.8) is 0 Å². The lowest BCUT2D eigenvalue weighted by Crippen LogP contribution is -2.36. The molecule has 1 aliphatic rings. The van der Waals surface area contributed by atoms with Gasteiger partial charge in [-0.3, -0.25) is 9.79 Å². The van der Waals surface area contributed by atoms with E-state index in [1.807, 2.05) is 38.1 Å². The number of carboxylic acid groups (broad SMARTS) is 1. The fourth-order valence-corrected chi connectivity index (χ4v) is 4.11. The molecule has 3 aromatic rings. The molecule has 1 unspecified atom stereocenters. The topological polar surface area (TPSA) is 76.0 Å². The molecule has 1 atom stereocenters. The van der Waals surface area contributed by atoms with E-state index in [1.165, 1.54) is 0 Å². The summed E-state index contributed by atoms with van der Waals surface area (Å²) in [5.74, 6) is -0.463. The van der Waals surface area contributed by atoms with Crippen LogP contribution in [0, 0.1) is 0 Å². The third-order valence-electron chi connectivity index (χ3n) is 5.59. The first-order valence-electron chi connectivity index (χ1n) is 10.9. The highest BCUT2D eigenvalue weighted by Crippen LogP contribution is 2.35. The summed E-state index contributed by atoms with van der Waals surface area (Å²) < 4.78 is 6.06. The number of benzene rings is 3. The molecule has 0 spiro atoms. The molecule has 1 N–H and O–H groups in total. The van der Waals surface area contributed by atoms with Crippen molar-refractivity contribution in [1.29, 1.82) is 0 Å². The molecular weight excluding hydrogens is 450 g/mol. The van der Waals surface area contributed by atoms with Gasteiger partial charge in [-0.1, -0.05) is 29.8 Å². The second kappa shape index (κ2) is 9.65. The summed E-state index contributed by atoms with van der Waals surface area (Å²) in [5.41, 5.74) is 2.02. The monoisotopic (exact) mass is 473 g/mol. The number of ether oxygens (including phenoxy) is 1. The summed E-state index contributed by atoms with van der Waals surface area (Å²) in [6.45, 7) is 3.88.